The summed E-state index contributed by atoms with van der Waals surface area (Å²) in [5.41, 5.74) is 2.00. The summed E-state index contributed by atoms with van der Waals surface area (Å²) < 4.78 is 5.53. The molecule has 8 heteroatoms. The second kappa shape index (κ2) is 6.95. The van der Waals surface area contributed by atoms with E-state index in [2.05, 4.69) is 17.5 Å². The number of nitrogens with one attached hydrogen (secondary N) is 1. The maximum atomic E-state index is 11.7. The van der Waals surface area contributed by atoms with Gasteiger partial charge in [0.15, 0.2) is 0 Å². The second-order valence-electron chi connectivity index (χ2n) is 6.92. The van der Waals surface area contributed by atoms with E-state index in [1.54, 1.807) is 12.1 Å². The van der Waals surface area contributed by atoms with Crippen molar-refractivity contribution in [3.05, 3.63) is 79.9 Å². The van der Waals surface area contributed by atoms with Crippen LogP contribution in [0.3, 0.4) is 0 Å². The minimum Gasteiger partial charge on any atom is -0.494 e. The zero-order valence-corrected chi connectivity index (χ0v) is 15.2. The number of non-ortho nitro benzene ring substituents is 1. The smallest absolute Gasteiger partial charge is 0.296 e. The van der Waals surface area contributed by atoms with Gasteiger partial charge in [-0.2, -0.15) is 0 Å². The molecule has 2 aliphatic rings. The van der Waals surface area contributed by atoms with Crippen LogP contribution in [0.5, 0.6) is 5.75 Å². The first-order chi connectivity index (χ1) is 13.5. The number of benzene rings is 2. The van der Waals surface area contributed by atoms with Crippen LogP contribution in [-0.4, -0.2) is 16.5 Å². The Kier molecular flexibility index (Phi) is 4.46. The Morgan fingerprint density at radius 3 is 2.71 bits per heavy atom. The fourth-order valence-electron chi connectivity index (χ4n) is 4.21. The van der Waals surface area contributed by atoms with E-state index in [0.717, 1.165) is 17.5 Å². The summed E-state index contributed by atoms with van der Waals surface area (Å²) in [4.78, 5) is 22.0. The highest BCUT2D eigenvalue weighted by molar-refractivity contribution is 5.73. The van der Waals surface area contributed by atoms with Crippen molar-refractivity contribution in [3.8, 4) is 5.75 Å². The highest BCUT2D eigenvalue weighted by Crippen LogP contribution is 2.53. The zero-order valence-electron chi connectivity index (χ0n) is 15.2. The molecule has 0 spiro atoms. The first kappa shape index (κ1) is 18.0. The molecule has 144 valence electrons. The molecular formula is C20H19N3O5. The number of allylic oxidation sites excluding steroid dienone is 2. The summed E-state index contributed by atoms with van der Waals surface area (Å²) in [6.07, 6.45) is 4.92. The number of nitro benzene ring substituents is 2. The predicted octanol–water partition coefficient (Wildman–Crippen LogP) is 4.73. The van der Waals surface area contributed by atoms with Crippen LogP contribution in [-0.2, 0) is 0 Å². The minimum absolute atomic E-state index is 0.00814. The molecule has 2 aromatic carbocycles. The van der Waals surface area contributed by atoms with Crippen molar-refractivity contribution >= 4 is 17.1 Å². The van der Waals surface area contributed by atoms with Crippen LogP contribution in [0.15, 0.2) is 48.6 Å². The van der Waals surface area contributed by atoms with Crippen LogP contribution in [0.2, 0.25) is 0 Å². The third kappa shape index (κ3) is 2.96. The van der Waals surface area contributed by atoms with Crippen LogP contribution in [0, 0.1) is 26.1 Å². The highest BCUT2D eigenvalue weighted by Gasteiger charge is 2.41. The van der Waals surface area contributed by atoms with Gasteiger partial charge in [-0.05, 0) is 36.5 Å². The van der Waals surface area contributed by atoms with Gasteiger partial charge in [-0.25, -0.2) is 0 Å². The molecule has 2 aromatic rings. The van der Waals surface area contributed by atoms with Crippen molar-refractivity contribution < 1.29 is 14.6 Å². The Labute approximate surface area is 161 Å². The molecule has 8 nitrogen and oxygen atoms in total. The largest absolute Gasteiger partial charge is 0.494 e. The van der Waals surface area contributed by atoms with Gasteiger partial charge in [0.05, 0.1) is 28.6 Å². The summed E-state index contributed by atoms with van der Waals surface area (Å²) in [6.45, 7) is 2.25. The Hall–Kier alpha value is -3.42. The molecule has 0 saturated heterocycles. The van der Waals surface area contributed by atoms with E-state index in [9.17, 15) is 20.2 Å². The summed E-state index contributed by atoms with van der Waals surface area (Å²) >= 11 is 0. The summed E-state index contributed by atoms with van der Waals surface area (Å²) in [5.74, 6) is 0.577. The van der Waals surface area contributed by atoms with Gasteiger partial charge in [0.25, 0.3) is 11.4 Å². The van der Waals surface area contributed by atoms with Crippen molar-refractivity contribution in [1.82, 2.24) is 0 Å². The average molecular weight is 381 g/mol. The molecule has 0 aromatic heterocycles. The topological polar surface area (TPSA) is 108 Å². The van der Waals surface area contributed by atoms with Gasteiger partial charge in [-0.3, -0.25) is 20.2 Å². The predicted molar refractivity (Wildman–Crippen MR) is 104 cm³/mol. The number of fused-ring (bicyclic) bond motifs is 3. The molecule has 1 aliphatic carbocycles. The lowest BCUT2D eigenvalue weighted by Crippen LogP contribution is -2.29. The molecular weight excluding hydrogens is 362 g/mol. The number of rotatable bonds is 5. The molecule has 28 heavy (non-hydrogen) atoms. The van der Waals surface area contributed by atoms with E-state index in [1.165, 1.54) is 12.1 Å². The van der Waals surface area contributed by atoms with Gasteiger partial charge in [-0.1, -0.05) is 24.3 Å². The van der Waals surface area contributed by atoms with E-state index in [-0.39, 0.29) is 29.3 Å². The van der Waals surface area contributed by atoms with Gasteiger partial charge in [0, 0.05) is 18.1 Å². The lowest BCUT2D eigenvalue weighted by atomic mass is 9.76. The number of ether oxygens (including phenoxy) is 1. The molecule has 1 aliphatic heterocycles. The molecule has 0 saturated carbocycles. The van der Waals surface area contributed by atoms with Gasteiger partial charge < -0.3 is 10.1 Å². The Balaban J connectivity index is 1.83. The molecule has 0 radical (unpaired) electrons. The third-order valence-electron chi connectivity index (χ3n) is 5.37. The molecule has 1 heterocycles. The second-order valence-corrected chi connectivity index (χ2v) is 6.92. The Morgan fingerprint density at radius 2 is 2.00 bits per heavy atom. The number of nitro groups is 2. The summed E-state index contributed by atoms with van der Waals surface area (Å²) in [6, 6.07) is 9.48. The van der Waals surface area contributed by atoms with Gasteiger partial charge in [0.1, 0.15) is 11.4 Å². The van der Waals surface area contributed by atoms with Gasteiger partial charge >= 0.3 is 0 Å². The van der Waals surface area contributed by atoms with Crippen LogP contribution < -0.4 is 10.1 Å². The maximum Gasteiger partial charge on any atom is 0.296 e. The van der Waals surface area contributed by atoms with Crippen molar-refractivity contribution in [2.45, 2.75) is 25.3 Å². The van der Waals surface area contributed by atoms with Crippen LogP contribution in [0.25, 0.3) is 0 Å². The van der Waals surface area contributed by atoms with Crippen LogP contribution in [0.1, 0.15) is 36.4 Å². The van der Waals surface area contributed by atoms with Crippen molar-refractivity contribution in [3.63, 3.8) is 0 Å². The van der Waals surface area contributed by atoms with Crippen molar-refractivity contribution in [2.24, 2.45) is 5.92 Å². The first-order valence-corrected chi connectivity index (χ1v) is 9.12. The molecule has 1 N–H and O–H groups in total. The van der Waals surface area contributed by atoms with Crippen LogP contribution in [0.4, 0.5) is 17.1 Å². The standard InChI is InChI=1S/C20H19N3O5/c1-2-28-14-10-17-15-7-4-8-16(15)19(21-20(17)18(11-14)23(26)27)12-5-3-6-13(9-12)22(24)25/h3-7,9-11,15-16,19,21H,2,8H2,1H3/t15-,16+,19+/m0/s1. The van der Waals surface area contributed by atoms with E-state index in [0.29, 0.717) is 18.0 Å². The highest BCUT2D eigenvalue weighted by atomic mass is 16.6. The van der Waals surface area contributed by atoms with Crippen LogP contribution >= 0.6 is 0 Å². The Bertz CT molecular complexity index is 988. The maximum absolute atomic E-state index is 11.7. The van der Waals surface area contributed by atoms with E-state index >= 15 is 0 Å². The summed E-state index contributed by atoms with van der Waals surface area (Å²) in [5, 5.41) is 26.2. The monoisotopic (exact) mass is 381 g/mol. The number of nitrogens with zero attached hydrogens (tertiary/aromatic N) is 2. The van der Waals surface area contributed by atoms with Gasteiger partial charge in [-0.15, -0.1) is 0 Å². The molecule has 0 unspecified atom stereocenters. The lowest BCUT2D eigenvalue weighted by molar-refractivity contribution is -0.384. The Morgan fingerprint density at radius 1 is 1.18 bits per heavy atom. The molecule has 0 bridgehead atoms. The third-order valence-corrected chi connectivity index (χ3v) is 5.37. The SMILES string of the molecule is CCOc1cc2c(c([N+](=O)[O-])c1)N[C@H](c1cccc([N+](=O)[O-])c1)[C@@H]1CC=C[C@H]21. The van der Waals surface area contributed by atoms with Crippen molar-refractivity contribution in [2.75, 3.05) is 11.9 Å². The van der Waals surface area contributed by atoms with E-state index < -0.39 is 9.85 Å². The molecule has 4 rings (SSSR count). The molecule has 3 atom stereocenters. The number of hydrogen-bond acceptors (Lipinski definition) is 6. The fourth-order valence-corrected chi connectivity index (χ4v) is 4.21. The molecule has 0 amide bonds. The number of anilines is 1. The van der Waals surface area contributed by atoms with Crippen molar-refractivity contribution in [1.29, 1.82) is 0 Å². The zero-order chi connectivity index (χ0) is 19.8. The van der Waals surface area contributed by atoms with Gasteiger partial charge in [0.2, 0.25) is 0 Å². The fraction of sp³-hybridized carbons (Fsp3) is 0.300. The first-order valence-electron chi connectivity index (χ1n) is 9.12. The quantitative estimate of drug-likeness (QED) is 0.456. The van der Waals surface area contributed by atoms with E-state index in [1.807, 2.05) is 19.1 Å². The van der Waals surface area contributed by atoms with E-state index in [4.69, 9.17) is 4.74 Å². The summed E-state index contributed by atoms with van der Waals surface area (Å²) in [7, 11) is 0. The number of hydrogen-bond donors (Lipinski definition) is 1. The lowest BCUT2D eigenvalue weighted by Gasteiger charge is -2.37. The molecule has 0 fully saturated rings. The average Bonchev–Trinajstić information content (AvgIpc) is 3.17. The normalized spacial score (nSPS) is 22.1. The minimum atomic E-state index is -0.429.